The Morgan fingerprint density at radius 3 is 2.55 bits per heavy atom. The van der Waals surface area contributed by atoms with Crippen molar-refractivity contribution < 1.29 is 14.3 Å². The normalized spacial score (nSPS) is 11.2. The second-order valence-corrected chi connectivity index (χ2v) is 7.70. The lowest BCUT2D eigenvalue weighted by Gasteiger charge is -2.10. The lowest BCUT2D eigenvalue weighted by Crippen LogP contribution is -2.02. The Hall–Kier alpha value is -3.95. The highest BCUT2D eigenvalue weighted by atomic mass is 32.1. The van der Waals surface area contributed by atoms with Gasteiger partial charge in [-0.3, -0.25) is 0 Å². The fourth-order valence-corrected chi connectivity index (χ4v) is 3.96. The number of nitrogens with zero attached hydrogens (tertiary/aromatic N) is 2. The average Bonchev–Trinajstić information content (AvgIpc) is 3.25. The van der Waals surface area contributed by atoms with Crippen LogP contribution in [0.25, 0.3) is 21.9 Å². The number of fused-ring (bicyclic) bond motifs is 1. The number of allylic oxidation sites excluding steroid dienone is 1. The average molecular weight is 426 g/mol. The van der Waals surface area contributed by atoms with E-state index in [-0.39, 0.29) is 5.97 Å². The van der Waals surface area contributed by atoms with Crippen LogP contribution in [0.3, 0.4) is 0 Å². The summed E-state index contributed by atoms with van der Waals surface area (Å²) in [5.41, 5.74) is 3.56. The van der Waals surface area contributed by atoms with E-state index in [1.165, 1.54) is 18.4 Å². The molecule has 0 aliphatic carbocycles. The molecule has 31 heavy (non-hydrogen) atoms. The second-order valence-electron chi connectivity index (χ2n) is 6.67. The van der Waals surface area contributed by atoms with Crippen LogP contribution in [0.2, 0.25) is 0 Å². The number of para-hydroxylation sites is 2. The number of carbonyl (C=O) groups excluding carboxylic acids is 1. The maximum atomic E-state index is 11.6. The lowest BCUT2D eigenvalue weighted by molar-refractivity contribution is 0.0600. The van der Waals surface area contributed by atoms with Crippen molar-refractivity contribution in [2.24, 2.45) is 0 Å². The Morgan fingerprint density at radius 1 is 1.06 bits per heavy atom. The van der Waals surface area contributed by atoms with Gasteiger partial charge >= 0.3 is 5.97 Å². The first-order valence-corrected chi connectivity index (χ1v) is 10.4. The number of esters is 1. The number of thiazole rings is 1. The maximum Gasteiger partial charge on any atom is 0.337 e. The second kappa shape index (κ2) is 9.24. The molecular weight excluding hydrogens is 408 g/mol. The van der Waals surface area contributed by atoms with Crippen LogP contribution in [0.5, 0.6) is 5.75 Å². The first-order chi connectivity index (χ1) is 15.2. The molecule has 3 aromatic carbocycles. The highest BCUT2D eigenvalue weighted by Crippen LogP contribution is 2.30. The number of aromatic nitrogens is 1. The van der Waals surface area contributed by atoms with Gasteiger partial charge in [0, 0.05) is 5.56 Å². The van der Waals surface area contributed by atoms with E-state index in [2.05, 4.69) is 11.1 Å². The fraction of sp³-hybridized carbons (Fsp3) is 0.0800. The van der Waals surface area contributed by atoms with Crippen LogP contribution in [0.4, 0.5) is 0 Å². The zero-order valence-electron chi connectivity index (χ0n) is 16.7. The van der Waals surface area contributed by atoms with Crippen LogP contribution in [0, 0.1) is 11.3 Å². The predicted molar refractivity (Wildman–Crippen MR) is 122 cm³/mol. The molecule has 1 aromatic heterocycles. The maximum absolute atomic E-state index is 11.6. The Kier molecular flexibility index (Phi) is 6.06. The topological polar surface area (TPSA) is 72.2 Å². The minimum atomic E-state index is -0.373. The molecule has 1 heterocycles. The van der Waals surface area contributed by atoms with Crippen LogP contribution in [0.15, 0.2) is 72.8 Å². The summed E-state index contributed by atoms with van der Waals surface area (Å²) in [6, 6.07) is 24.7. The monoisotopic (exact) mass is 426 g/mol. The van der Waals surface area contributed by atoms with Crippen molar-refractivity contribution in [1.29, 1.82) is 5.26 Å². The number of nitriles is 1. The molecule has 0 N–H and O–H groups in total. The highest BCUT2D eigenvalue weighted by Gasteiger charge is 2.11. The third kappa shape index (κ3) is 4.63. The van der Waals surface area contributed by atoms with E-state index < -0.39 is 0 Å². The smallest absolute Gasteiger partial charge is 0.337 e. The number of hydrogen-bond donors (Lipinski definition) is 0. The summed E-state index contributed by atoms with van der Waals surface area (Å²) in [5.74, 6) is 0.287. The van der Waals surface area contributed by atoms with Gasteiger partial charge in [-0.25, -0.2) is 9.78 Å². The molecule has 6 heteroatoms. The van der Waals surface area contributed by atoms with Crippen molar-refractivity contribution in [2.45, 2.75) is 6.61 Å². The van der Waals surface area contributed by atoms with Crippen molar-refractivity contribution in [2.75, 3.05) is 7.11 Å². The molecule has 152 valence electrons. The molecule has 0 spiro atoms. The van der Waals surface area contributed by atoms with Crippen molar-refractivity contribution in [1.82, 2.24) is 4.98 Å². The van der Waals surface area contributed by atoms with Crippen molar-refractivity contribution in [3.63, 3.8) is 0 Å². The molecule has 0 aliphatic heterocycles. The van der Waals surface area contributed by atoms with Gasteiger partial charge in [0.25, 0.3) is 0 Å². The lowest BCUT2D eigenvalue weighted by atomic mass is 10.1. The van der Waals surface area contributed by atoms with E-state index in [1.54, 1.807) is 18.2 Å². The molecule has 0 fully saturated rings. The Balaban J connectivity index is 1.56. The van der Waals surface area contributed by atoms with Crippen LogP contribution in [-0.4, -0.2) is 18.1 Å². The molecule has 0 saturated heterocycles. The van der Waals surface area contributed by atoms with Gasteiger partial charge < -0.3 is 9.47 Å². The quantitative estimate of drug-likeness (QED) is 0.291. The summed E-state index contributed by atoms with van der Waals surface area (Å²) in [7, 11) is 1.35. The summed E-state index contributed by atoms with van der Waals surface area (Å²) in [5, 5.41) is 10.4. The molecule has 0 bridgehead atoms. The van der Waals surface area contributed by atoms with Gasteiger partial charge in [0.1, 0.15) is 23.4 Å². The summed E-state index contributed by atoms with van der Waals surface area (Å²) in [6.07, 6.45) is 1.80. The van der Waals surface area contributed by atoms with Crippen LogP contribution in [-0.2, 0) is 11.3 Å². The van der Waals surface area contributed by atoms with Crippen LogP contribution >= 0.6 is 11.3 Å². The molecule has 0 unspecified atom stereocenters. The van der Waals surface area contributed by atoms with Crippen molar-refractivity contribution >= 4 is 39.2 Å². The zero-order valence-corrected chi connectivity index (χ0v) is 17.6. The predicted octanol–water partition coefficient (Wildman–Crippen LogP) is 5.73. The van der Waals surface area contributed by atoms with Gasteiger partial charge in [-0.2, -0.15) is 5.26 Å². The van der Waals surface area contributed by atoms with Crippen molar-refractivity contribution in [3.8, 4) is 11.8 Å². The summed E-state index contributed by atoms with van der Waals surface area (Å²) < 4.78 is 11.8. The Bertz CT molecular complexity index is 1270. The van der Waals surface area contributed by atoms with E-state index in [4.69, 9.17) is 9.47 Å². The third-order valence-electron chi connectivity index (χ3n) is 4.63. The molecule has 0 radical (unpaired) electrons. The fourth-order valence-electron chi connectivity index (χ4n) is 3.03. The van der Waals surface area contributed by atoms with Gasteiger partial charge in [0.2, 0.25) is 0 Å². The van der Waals surface area contributed by atoms with Gasteiger partial charge in [0.15, 0.2) is 0 Å². The summed E-state index contributed by atoms with van der Waals surface area (Å²) >= 11 is 1.49. The number of methoxy groups -OCH3 is 1. The number of benzene rings is 3. The van der Waals surface area contributed by atoms with E-state index in [9.17, 15) is 10.1 Å². The van der Waals surface area contributed by atoms with E-state index in [0.29, 0.717) is 28.5 Å². The Labute approximate surface area is 183 Å². The first-order valence-electron chi connectivity index (χ1n) is 9.55. The van der Waals surface area contributed by atoms with Gasteiger partial charge in [0.05, 0.1) is 28.5 Å². The Morgan fingerprint density at radius 2 is 1.81 bits per heavy atom. The molecule has 5 nitrogen and oxygen atoms in total. The van der Waals surface area contributed by atoms with Crippen LogP contribution < -0.4 is 4.74 Å². The van der Waals surface area contributed by atoms with E-state index in [1.807, 2.05) is 60.7 Å². The number of ether oxygens (including phenoxy) is 2. The standard InChI is InChI=1S/C25H18N2O3S/c1-29-25(28)18-12-10-17(11-13-18)16-30-22-8-4-2-6-19(22)14-20(15-26)24-27-21-7-3-5-9-23(21)31-24/h2-14H,16H2,1H3. The molecule has 0 saturated carbocycles. The SMILES string of the molecule is COC(=O)c1ccc(COc2ccccc2C=C(C#N)c2nc3ccccc3s2)cc1. The summed E-state index contributed by atoms with van der Waals surface area (Å²) in [4.78, 5) is 16.1. The summed E-state index contributed by atoms with van der Waals surface area (Å²) in [6.45, 7) is 0.329. The number of carbonyl (C=O) groups is 1. The first kappa shape index (κ1) is 20.3. The molecule has 0 amide bonds. The van der Waals surface area contributed by atoms with Crippen LogP contribution in [0.1, 0.15) is 26.5 Å². The minimum Gasteiger partial charge on any atom is -0.488 e. The third-order valence-corrected chi connectivity index (χ3v) is 5.70. The molecule has 4 rings (SSSR count). The molecule has 0 aliphatic rings. The van der Waals surface area contributed by atoms with E-state index >= 15 is 0 Å². The largest absolute Gasteiger partial charge is 0.488 e. The van der Waals surface area contributed by atoms with Gasteiger partial charge in [-0.15, -0.1) is 11.3 Å². The highest BCUT2D eigenvalue weighted by molar-refractivity contribution is 7.19. The van der Waals surface area contributed by atoms with Gasteiger partial charge in [-0.1, -0.05) is 42.5 Å². The van der Waals surface area contributed by atoms with E-state index in [0.717, 1.165) is 21.3 Å². The molecule has 4 aromatic rings. The van der Waals surface area contributed by atoms with Gasteiger partial charge in [-0.05, 0) is 42.0 Å². The molecule has 0 atom stereocenters. The minimum absolute atomic E-state index is 0.329. The number of hydrogen-bond acceptors (Lipinski definition) is 6. The van der Waals surface area contributed by atoms with Crippen molar-refractivity contribution in [3.05, 3.63) is 94.5 Å². The number of rotatable bonds is 6. The molecular formula is C25H18N2O3S. The zero-order chi connectivity index (χ0) is 21.6.